The summed E-state index contributed by atoms with van der Waals surface area (Å²) in [5, 5.41) is 0. The second-order valence-corrected chi connectivity index (χ2v) is 5.07. The Bertz CT molecular complexity index is 580. The smallest absolute Gasteiger partial charge is 0.140 e. The van der Waals surface area contributed by atoms with E-state index >= 15 is 0 Å². The van der Waals surface area contributed by atoms with Gasteiger partial charge in [0.05, 0.1) is 0 Å². The molecule has 17 heavy (non-hydrogen) atoms. The van der Waals surface area contributed by atoms with Gasteiger partial charge in [-0.25, -0.2) is 4.98 Å². The van der Waals surface area contributed by atoms with E-state index < -0.39 is 0 Å². The minimum atomic E-state index is 0.613. The van der Waals surface area contributed by atoms with Crippen LogP contribution in [0.15, 0.2) is 29.0 Å². The van der Waals surface area contributed by atoms with Crippen molar-refractivity contribution in [1.82, 2.24) is 15.0 Å². The van der Waals surface area contributed by atoms with Gasteiger partial charge in [0, 0.05) is 28.1 Å². The van der Waals surface area contributed by atoms with Crippen molar-refractivity contribution in [2.75, 3.05) is 0 Å². The number of pyridine rings is 1. The maximum absolute atomic E-state index is 5.17. The molecule has 0 saturated heterocycles. The van der Waals surface area contributed by atoms with Crippen LogP contribution in [0.5, 0.6) is 0 Å². The Morgan fingerprint density at radius 2 is 2.18 bits per heavy atom. The first-order valence-corrected chi connectivity index (χ1v) is 6.60. The predicted molar refractivity (Wildman–Crippen MR) is 74.3 cm³/mol. The molecule has 0 aliphatic rings. The maximum atomic E-state index is 5.17. The van der Waals surface area contributed by atoms with Gasteiger partial charge >= 0.3 is 0 Å². The van der Waals surface area contributed by atoms with Crippen LogP contribution in [0.3, 0.4) is 0 Å². The second kappa shape index (κ2) is 5.51. The SMILES string of the molecule is CCCc1cc(=S)nc(-c2cncc(Br)c2)[nH]1. The van der Waals surface area contributed by atoms with E-state index in [1.807, 2.05) is 12.1 Å². The number of nitrogens with zero attached hydrogens (tertiary/aromatic N) is 2. The Hall–Kier alpha value is -1.07. The zero-order chi connectivity index (χ0) is 12.3. The van der Waals surface area contributed by atoms with Crippen LogP contribution in [0, 0.1) is 4.64 Å². The third-order valence-corrected chi connectivity index (χ3v) is 2.94. The Morgan fingerprint density at radius 1 is 1.35 bits per heavy atom. The van der Waals surface area contributed by atoms with E-state index in [2.05, 4.69) is 37.8 Å². The van der Waals surface area contributed by atoms with Crippen molar-refractivity contribution in [1.29, 1.82) is 0 Å². The zero-order valence-corrected chi connectivity index (χ0v) is 11.8. The molecule has 0 bridgehead atoms. The van der Waals surface area contributed by atoms with E-state index in [4.69, 9.17) is 12.2 Å². The largest absolute Gasteiger partial charge is 0.343 e. The monoisotopic (exact) mass is 309 g/mol. The first kappa shape index (κ1) is 12.4. The Balaban J connectivity index is 2.48. The van der Waals surface area contributed by atoms with Crippen LogP contribution < -0.4 is 0 Å². The molecule has 2 heterocycles. The highest BCUT2D eigenvalue weighted by Gasteiger charge is 2.03. The van der Waals surface area contributed by atoms with E-state index in [9.17, 15) is 0 Å². The van der Waals surface area contributed by atoms with Crippen LogP contribution in [0.25, 0.3) is 11.4 Å². The topological polar surface area (TPSA) is 41.6 Å². The Kier molecular flexibility index (Phi) is 4.02. The summed E-state index contributed by atoms with van der Waals surface area (Å²) in [6, 6.07) is 3.88. The molecule has 0 unspecified atom stereocenters. The summed E-state index contributed by atoms with van der Waals surface area (Å²) in [5.74, 6) is 0.773. The van der Waals surface area contributed by atoms with Crippen LogP contribution in [0.1, 0.15) is 19.0 Å². The number of hydrogen-bond acceptors (Lipinski definition) is 3. The highest BCUT2D eigenvalue weighted by atomic mass is 79.9. The summed E-state index contributed by atoms with van der Waals surface area (Å²) >= 11 is 8.57. The van der Waals surface area contributed by atoms with Gasteiger partial charge in [-0.05, 0) is 34.5 Å². The molecule has 5 heteroatoms. The molecule has 0 saturated carbocycles. The summed E-state index contributed by atoms with van der Waals surface area (Å²) in [6.45, 7) is 2.14. The number of rotatable bonds is 3. The van der Waals surface area contributed by atoms with Crippen molar-refractivity contribution in [3.05, 3.63) is 39.3 Å². The molecule has 0 aliphatic heterocycles. The van der Waals surface area contributed by atoms with Crippen LogP contribution in [-0.4, -0.2) is 15.0 Å². The van der Waals surface area contributed by atoms with Crippen LogP contribution in [-0.2, 0) is 6.42 Å². The van der Waals surface area contributed by atoms with Gasteiger partial charge in [-0.15, -0.1) is 0 Å². The molecule has 0 spiro atoms. The summed E-state index contributed by atoms with van der Waals surface area (Å²) in [6.07, 6.45) is 5.56. The van der Waals surface area contributed by atoms with Crippen LogP contribution in [0.4, 0.5) is 0 Å². The average molecular weight is 310 g/mol. The highest BCUT2D eigenvalue weighted by Crippen LogP contribution is 2.18. The van der Waals surface area contributed by atoms with Gasteiger partial charge < -0.3 is 4.98 Å². The molecule has 0 aliphatic carbocycles. The van der Waals surface area contributed by atoms with Crippen LogP contribution >= 0.6 is 28.1 Å². The molecule has 2 rings (SSSR count). The summed E-state index contributed by atoms with van der Waals surface area (Å²) in [7, 11) is 0. The standard InChI is InChI=1S/C12H12BrN3S/c1-2-3-10-5-11(17)16-12(15-10)8-4-9(13)7-14-6-8/h4-7H,2-3H2,1H3,(H,15,16,17). The van der Waals surface area contributed by atoms with Gasteiger partial charge in [-0.2, -0.15) is 0 Å². The molecule has 3 nitrogen and oxygen atoms in total. The van der Waals surface area contributed by atoms with E-state index in [0.717, 1.165) is 34.4 Å². The number of hydrogen-bond donors (Lipinski definition) is 1. The fourth-order valence-corrected chi connectivity index (χ4v) is 2.19. The number of aromatic amines is 1. The predicted octanol–water partition coefficient (Wildman–Crippen LogP) is 3.92. The quantitative estimate of drug-likeness (QED) is 0.874. The molecule has 0 amide bonds. The summed E-state index contributed by atoms with van der Waals surface area (Å²) in [4.78, 5) is 11.7. The fourth-order valence-electron chi connectivity index (χ4n) is 1.59. The molecule has 2 aromatic heterocycles. The van der Waals surface area contributed by atoms with Crippen molar-refractivity contribution in [3.63, 3.8) is 0 Å². The minimum Gasteiger partial charge on any atom is -0.343 e. The highest BCUT2D eigenvalue weighted by molar-refractivity contribution is 9.10. The number of aromatic nitrogens is 3. The molecular formula is C12H12BrN3S. The van der Waals surface area contributed by atoms with Crippen molar-refractivity contribution in [2.45, 2.75) is 19.8 Å². The maximum Gasteiger partial charge on any atom is 0.140 e. The van der Waals surface area contributed by atoms with Gasteiger partial charge in [0.1, 0.15) is 10.5 Å². The number of halogens is 1. The lowest BCUT2D eigenvalue weighted by atomic mass is 10.2. The van der Waals surface area contributed by atoms with Crippen molar-refractivity contribution >= 4 is 28.1 Å². The van der Waals surface area contributed by atoms with Gasteiger partial charge in [0.25, 0.3) is 0 Å². The molecule has 0 aromatic carbocycles. The number of H-pyrrole nitrogens is 1. The lowest BCUT2D eigenvalue weighted by molar-refractivity contribution is 0.873. The first-order chi connectivity index (χ1) is 8.19. The Morgan fingerprint density at radius 3 is 2.88 bits per heavy atom. The molecule has 2 aromatic rings. The van der Waals surface area contributed by atoms with E-state index in [1.165, 1.54) is 0 Å². The molecule has 0 radical (unpaired) electrons. The van der Waals surface area contributed by atoms with Crippen molar-refractivity contribution < 1.29 is 0 Å². The van der Waals surface area contributed by atoms with Gasteiger partial charge in [0.2, 0.25) is 0 Å². The molecule has 1 N–H and O–H groups in total. The fraction of sp³-hybridized carbons (Fsp3) is 0.250. The Labute approximate surface area is 113 Å². The number of aryl methyl sites for hydroxylation is 1. The summed E-state index contributed by atoms with van der Waals surface area (Å²) < 4.78 is 1.54. The molecule has 88 valence electrons. The zero-order valence-electron chi connectivity index (χ0n) is 9.40. The van der Waals surface area contributed by atoms with Gasteiger partial charge in [0.15, 0.2) is 0 Å². The van der Waals surface area contributed by atoms with Gasteiger partial charge in [-0.3, -0.25) is 4.98 Å². The lowest BCUT2D eigenvalue weighted by Crippen LogP contribution is -1.96. The van der Waals surface area contributed by atoms with Crippen molar-refractivity contribution in [2.24, 2.45) is 0 Å². The van der Waals surface area contributed by atoms with Crippen LogP contribution in [0.2, 0.25) is 0 Å². The normalized spacial score (nSPS) is 10.5. The molecular weight excluding hydrogens is 298 g/mol. The van der Waals surface area contributed by atoms with E-state index in [0.29, 0.717) is 4.64 Å². The second-order valence-electron chi connectivity index (χ2n) is 3.74. The molecule has 0 atom stereocenters. The van der Waals surface area contributed by atoms with E-state index in [1.54, 1.807) is 12.4 Å². The average Bonchev–Trinajstić information content (AvgIpc) is 2.28. The molecule has 0 fully saturated rings. The third kappa shape index (κ3) is 3.20. The summed E-state index contributed by atoms with van der Waals surface area (Å²) in [5.41, 5.74) is 2.05. The number of nitrogens with one attached hydrogen (secondary N) is 1. The first-order valence-electron chi connectivity index (χ1n) is 5.40. The van der Waals surface area contributed by atoms with E-state index in [-0.39, 0.29) is 0 Å². The van der Waals surface area contributed by atoms with Crippen molar-refractivity contribution in [3.8, 4) is 11.4 Å². The minimum absolute atomic E-state index is 0.613. The third-order valence-electron chi connectivity index (χ3n) is 2.30. The lowest BCUT2D eigenvalue weighted by Gasteiger charge is -2.05. The van der Waals surface area contributed by atoms with Gasteiger partial charge in [-0.1, -0.05) is 25.6 Å².